The lowest BCUT2D eigenvalue weighted by molar-refractivity contribution is -0.137. The fourth-order valence-corrected chi connectivity index (χ4v) is 3.06. The van der Waals surface area contributed by atoms with Gasteiger partial charge in [-0.15, -0.1) is 24.0 Å². The summed E-state index contributed by atoms with van der Waals surface area (Å²) in [5.74, 6) is 0.766. The number of pyridine rings is 1. The van der Waals surface area contributed by atoms with Crippen LogP contribution in [0, 0.1) is 0 Å². The number of thiophene rings is 1. The number of alkyl halides is 3. The van der Waals surface area contributed by atoms with Gasteiger partial charge in [-0.3, -0.25) is 4.99 Å². The molecule has 0 aliphatic rings. The zero-order chi connectivity index (χ0) is 19.0. The molecule has 0 aromatic carbocycles. The van der Waals surface area contributed by atoms with Crippen LogP contribution in [0.15, 0.2) is 40.1 Å². The number of nitrogens with one attached hydrogen (secondary N) is 3. The first kappa shape index (κ1) is 23.5. The monoisotopic (exact) mass is 513 g/mol. The fourth-order valence-electron chi connectivity index (χ4n) is 2.28. The Morgan fingerprint density at radius 1 is 1.26 bits per heavy atom. The van der Waals surface area contributed by atoms with Crippen LogP contribution in [0.4, 0.5) is 19.0 Å². The van der Waals surface area contributed by atoms with Crippen LogP contribution in [0.1, 0.15) is 24.0 Å². The van der Waals surface area contributed by atoms with E-state index in [1.165, 1.54) is 17.8 Å². The normalized spacial score (nSPS) is 12.9. The van der Waals surface area contributed by atoms with Gasteiger partial charge in [0.05, 0.1) is 5.56 Å². The molecule has 2 heterocycles. The summed E-state index contributed by atoms with van der Waals surface area (Å²) in [6.45, 7) is 3.51. The number of anilines is 1. The quantitative estimate of drug-likeness (QED) is 0.225. The van der Waals surface area contributed by atoms with Crippen molar-refractivity contribution in [2.45, 2.75) is 19.0 Å². The van der Waals surface area contributed by atoms with Gasteiger partial charge in [-0.25, -0.2) is 4.98 Å². The second-order valence-corrected chi connectivity index (χ2v) is 6.44. The molecule has 0 aliphatic heterocycles. The Morgan fingerprint density at radius 2 is 2.04 bits per heavy atom. The van der Waals surface area contributed by atoms with Crippen molar-refractivity contribution < 1.29 is 13.2 Å². The molecule has 5 nitrogen and oxygen atoms in total. The Kier molecular flexibility index (Phi) is 9.84. The van der Waals surface area contributed by atoms with E-state index in [-0.39, 0.29) is 36.3 Å². The first-order valence-electron chi connectivity index (χ1n) is 8.14. The molecule has 1 atom stereocenters. The minimum absolute atomic E-state index is 0. The maximum Gasteiger partial charge on any atom is 0.419 e. The molecule has 0 spiro atoms. The first-order chi connectivity index (χ1) is 12.4. The van der Waals surface area contributed by atoms with Crippen LogP contribution >= 0.6 is 35.3 Å². The van der Waals surface area contributed by atoms with Crippen LogP contribution in [0.25, 0.3) is 0 Å². The van der Waals surface area contributed by atoms with Crippen molar-refractivity contribution in [3.8, 4) is 0 Å². The molecule has 10 heteroatoms. The third-order valence-corrected chi connectivity index (χ3v) is 4.44. The molecule has 0 bridgehead atoms. The summed E-state index contributed by atoms with van der Waals surface area (Å²) in [6, 6.07) is 4.37. The van der Waals surface area contributed by atoms with Crippen molar-refractivity contribution in [3.63, 3.8) is 0 Å². The van der Waals surface area contributed by atoms with Crippen molar-refractivity contribution in [1.82, 2.24) is 15.6 Å². The molecule has 0 aliphatic carbocycles. The predicted octanol–water partition coefficient (Wildman–Crippen LogP) is 4.16. The highest BCUT2D eigenvalue weighted by molar-refractivity contribution is 14.0. The molecule has 0 fully saturated rings. The molecular formula is C17H23F3IN5S. The average molecular weight is 513 g/mol. The number of guanidine groups is 1. The summed E-state index contributed by atoms with van der Waals surface area (Å²) in [7, 11) is 1.65. The number of aromatic nitrogens is 1. The highest BCUT2D eigenvalue weighted by Gasteiger charge is 2.33. The van der Waals surface area contributed by atoms with E-state index in [0.29, 0.717) is 25.0 Å². The summed E-state index contributed by atoms with van der Waals surface area (Å²) in [5, 5.41) is 13.1. The molecule has 0 radical (unpaired) electrons. The molecule has 3 N–H and O–H groups in total. The lowest BCUT2D eigenvalue weighted by Gasteiger charge is -2.16. The van der Waals surface area contributed by atoms with Gasteiger partial charge in [0.2, 0.25) is 0 Å². The standard InChI is InChI=1S/C17H22F3N5S.HI/c1-12(13-5-9-26-11-13)10-25-16(21-2)24-8-7-23-15-14(17(18,19)20)4-3-6-22-15;/h3-6,9,11-12H,7-8,10H2,1-2H3,(H,22,23)(H2,21,24,25);1H. The van der Waals surface area contributed by atoms with Gasteiger partial charge in [-0.05, 0) is 40.4 Å². The largest absolute Gasteiger partial charge is 0.419 e. The minimum atomic E-state index is -4.43. The zero-order valence-electron chi connectivity index (χ0n) is 15.0. The number of rotatable bonds is 7. The topological polar surface area (TPSA) is 61.3 Å². The highest BCUT2D eigenvalue weighted by atomic mass is 127. The molecule has 2 rings (SSSR count). The minimum Gasteiger partial charge on any atom is -0.368 e. The predicted molar refractivity (Wildman–Crippen MR) is 115 cm³/mol. The van der Waals surface area contributed by atoms with Crippen LogP contribution in [-0.4, -0.2) is 37.6 Å². The summed E-state index contributed by atoms with van der Waals surface area (Å²) in [5.41, 5.74) is 0.488. The zero-order valence-corrected chi connectivity index (χ0v) is 18.2. The molecule has 0 saturated carbocycles. The SMILES string of the molecule is CN=C(NCCNc1ncccc1C(F)(F)F)NCC(C)c1ccsc1.I. The van der Waals surface area contributed by atoms with Gasteiger partial charge in [0.25, 0.3) is 0 Å². The van der Waals surface area contributed by atoms with Crippen molar-refractivity contribution in [2.75, 3.05) is 32.0 Å². The van der Waals surface area contributed by atoms with Gasteiger partial charge in [0, 0.05) is 32.9 Å². The van der Waals surface area contributed by atoms with Crippen LogP contribution in [-0.2, 0) is 6.18 Å². The van der Waals surface area contributed by atoms with E-state index in [0.717, 1.165) is 6.07 Å². The highest BCUT2D eigenvalue weighted by Crippen LogP contribution is 2.33. The smallest absolute Gasteiger partial charge is 0.368 e. The molecule has 0 saturated heterocycles. The van der Waals surface area contributed by atoms with E-state index in [1.807, 2.05) is 5.38 Å². The Bertz CT molecular complexity index is 707. The maximum absolute atomic E-state index is 12.9. The van der Waals surface area contributed by atoms with Gasteiger partial charge in [0.1, 0.15) is 5.82 Å². The van der Waals surface area contributed by atoms with Crippen molar-refractivity contribution >= 4 is 47.1 Å². The van der Waals surface area contributed by atoms with E-state index >= 15 is 0 Å². The molecule has 150 valence electrons. The Labute approximate surface area is 177 Å². The molecule has 2 aromatic rings. The molecule has 27 heavy (non-hydrogen) atoms. The van der Waals surface area contributed by atoms with E-state index in [2.05, 4.69) is 44.3 Å². The molecule has 0 amide bonds. The Morgan fingerprint density at radius 3 is 2.67 bits per heavy atom. The lowest BCUT2D eigenvalue weighted by atomic mass is 10.1. The number of nitrogens with zero attached hydrogens (tertiary/aromatic N) is 2. The molecule has 1 unspecified atom stereocenters. The maximum atomic E-state index is 12.9. The van der Waals surface area contributed by atoms with Gasteiger partial charge >= 0.3 is 6.18 Å². The summed E-state index contributed by atoms with van der Waals surface area (Å²) >= 11 is 1.66. The molecule has 2 aromatic heterocycles. The number of halogens is 4. The third-order valence-electron chi connectivity index (χ3n) is 3.73. The van der Waals surface area contributed by atoms with E-state index in [9.17, 15) is 13.2 Å². The van der Waals surface area contributed by atoms with Gasteiger partial charge in [0.15, 0.2) is 5.96 Å². The van der Waals surface area contributed by atoms with Crippen molar-refractivity contribution in [2.24, 2.45) is 4.99 Å². The van der Waals surface area contributed by atoms with E-state index < -0.39 is 11.7 Å². The number of hydrogen-bond acceptors (Lipinski definition) is 4. The number of hydrogen-bond donors (Lipinski definition) is 3. The first-order valence-corrected chi connectivity index (χ1v) is 9.08. The third kappa shape index (κ3) is 7.53. The number of aliphatic imine (C=N–C) groups is 1. The van der Waals surface area contributed by atoms with Crippen LogP contribution in [0.5, 0.6) is 0 Å². The molecular weight excluding hydrogens is 490 g/mol. The van der Waals surface area contributed by atoms with Crippen LogP contribution in [0.2, 0.25) is 0 Å². The van der Waals surface area contributed by atoms with E-state index in [4.69, 9.17) is 0 Å². The summed E-state index contributed by atoms with van der Waals surface area (Å²) in [4.78, 5) is 7.88. The van der Waals surface area contributed by atoms with Crippen molar-refractivity contribution in [1.29, 1.82) is 0 Å². The fraction of sp³-hybridized carbons (Fsp3) is 0.412. The average Bonchev–Trinajstić information content (AvgIpc) is 3.15. The van der Waals surface area contributed by atoms with E-state index in [1.54, 1.807) is 18.4 Å². The summed E-state index contributed by atoms with van der Waals surface area (Å²) < 4.78 is 38.7. The Hall–Kier alpha value is -1.56. The van der Waals surface area contributed by atoms with Gasteiger partial charge < -0.3 is 16.0 Å². The van der Waals surface area contributed by atoms with Gasteiger partial charge in [-0.2, -0.15) is 24.5 Å². The van der Waals surface area contributed by atoms with Gasteiger partial charge in [-0.1, -0.05) is 6.92 Å². The lowest BCUT2D eigenvalue weighted by Crippen LogP contribution is -2.41. The second kappa shape index (κ2) is 11.3. The summed E-state index contributed by atoms with van der Waals surface area (Å²) in [6.07, 6.45) is -3.10. The second-order valence-electron chi connectivity index (χ2n) is 5.66. The van der Waals surface area contributed by atoms with Crippen molar-refractivity contribution in [3.05, 3.63) is 46.3 Å². The van der Waals surface area contributed by atoms with Crippen LogP contribution in [0.3, 0.4) is 0 Å². The Balaban J connectivity index is 0.00000364. The van der Waals surface area contributed by atoms with Crippen LogP contribution < -0.4 is 16.0 Å².